The van der Waals surface area contributed by atoms with Gasteiger partial charge in [-0.15, -0.1) is 0 Å². The van der Waals surface area contributed by atoms with Gasteiger partial charge in [-0.05, 0) is 56.6 Å². The summed E-state index contributed by atoms with van der Waals surface area (Å²) in [5, 5.41) is 0. The normalized spacial score (nSPS) is 15.4. The van der Waals surface area contributed by atoms with Crippen molar-refractivity contribution in [2.45, 2.75) is 51.1 Å². The van der Waals surface area contributed by atoms with Crippen molar-refractivity contribution in [2.75, 3.05) is 25.5 Å². The molecule has 2 nitrogen and oxygen atoms in total. The largest absolute Gasteiger partial charge is 0.366 e. The van der Waals surface area contributed by atoms with Gasteiger partial charge >= 0.3 is 0 Å². The fourth-order valence-electron chi connectivity index (χ4n) is 4.02. The zero-order chi connectivity index (χ0) is 17.6. The summed E-state index contributed by atoms with van der Waals surface area (Å²) < 4.78 is 0. The van der Waals surface area contributed by atoms with Crippen LogP contribution in [0.4, 0.5) is 5.69 Å². The molecule has 0 N–H and O–H groups in total. The molecule has 0 radical (unpaired) electrons. The van der Waals surface area contributed by atoms with Gasteiger partial charge in [0, 0.05) is 24.3 Å². The average Bonchev–Trinajstić information content (AvgIpc) is 3.06. The van der Waals surface area contributed by atoms with Crippen LogP contribution in [0.2, 0.25) is 0 Å². The molecule has 0 saturated heterocycles. The first-order valence-corrected chi connectivity index (χ1v) is 9.74. The maximum Gasteiger partial charge on any atom is 0.0371 e. The zero-order valence-corrected chi connectivity index (χ0v) is 16.0. The summed E-state index contributed by atoms with van der Waals surface area (Å²) in [6.07, 6.45) is 6.17. The van der Waals surface area contributed by atoms with Crippen LogP contribution in [0.3, 0.4) is 0 Å². The molecular formula is C23H32N2. The quantitative estimate of drug-likeness (QED) is 0.684. The summed E-state index contributed by atoms with van der Waals surface area (Å²) in [6, 6.07) is 21.1. The lowest BCUT2D eigenvalue weighted by Gasteiger charge is -2.37. The highest BCUT2D eigenvalue weighted by Gasteiger charge is 2.28. The molecule has 1 atom stereocenters. The van der Waals surface area contributed by atoms with Gasteiger partial charge in [-0.2, -0.15) is 0 Å². The molecule has 2 heteroatoms. The second kappa shape index (κ2) is 8.53. The summed E-state index contributed by atoms with van der Waals surface area (Å²) in [5.74, 6) is 0. The third-order valence-electron chi connectivity index (χ3n) is 5.59. The molecule has 1 aliphatic rings. The van der Waals surface area contributed by atoms with E-state index in [4.69, 9.17) is 0 Å². The molecule has 0 amide bonds. The van der Waals surface area contributed by atoms with Crippen LogP contribution in [0.25, 0.3) is 0 Å². The van der Waals surface area contributed by atoms with Crippen LogP contribution >= 0.6 is 0 Å². The maximum absolute atomic E-state index is 2.67. The average molecular weight is 337 g/mol. The molecule has 0 heterocycles. The van der Waals surface area contributed by atoms with E-state index in [-0.39, 0.29) is 0 Å². The minimum absolute atomic E-state index is 0.573. The van der Waals surface area contributed by atoms with Crippen molar-refractivity contribution >= 4 is 5.69 Å². The highest BCUT2D eigenvalue weighted by molar-refractivity contribution is 5.50. The third kappa shape index (κ3) is 4.43. The van der Waals surface area contributed by atoms with Gasteiger partial charge in [0.25, 0.3) is 0 Å². The lowest BCUT2D eigenvalue weighted by Crippen LogP contribution is -2.46. The van der Waals surface area contributed by atoms with Crippen molar-refractivity contribution in [3.05, 3.63) is 65.7 Å². The fourth-order valence-corrected chi connectivity index (χ4v) is 4.02. The Morgan fingerprint density at radius 1 is 0.920 bits per heavy atom. The van der Waals surface area contributed by atoms with Crippen molar-refractivity contribution in [1.82, 2.24) is 4.90 Å². The Labute approximate surface area is 153 Å². The Hall–Kier alpha value is -1.80. The van der Waals surface area contributed by atoms with E-state index in [9.17, 15) is 0 Å². The number of para-hydroxylation sites is 1. The Morgan fingerprint density at radius 3 is 2.08 bits per heavy atom. The monoisotopic (exact) mass is 336 g/mol. The minimum atomic E-state index is 0.573. The molecule has 0 saturated carbocycles. The predicted molar refractivity (Wildman–Crippen MR) is 108 cm³/mol. The smallest absolute Gasteiger partial charge is 0.0371 e. The van der Waals surface area contributed by atoms with Gasteiger partial charge in [0.2, 0.25) is 0 Å². The summed E-state index contributed by atoms with van der Waals surface area (Å²) in [7, 11) is 4.46. The highest BCUT2D eigenvalue weighted by atomic mass is 15.2. The predicted octanol–water partition coefficient (Wildman–Crippen LogP) is 4.78. The number of anilines is 1. The molecule has 25 heavy (non-hydrogen) atoms. The molecule has 0 aliphatic heterocycles. The Bertz CT molecular complexity index is 625. The van der Waals surface area contributed by atoms with Crippen molar-refractivity contribution in [1.29, 1.82) is 0 Å². The lowest BCUT2D eigenvalue weighted by molar-refractivity contribution is 0.270. The second-order valence-electron chi connectivity index (χ2n) is 7.58. The Morgan fingerprint density at radius 2 is 1.52 bits per heavy atom. The van der Waals surface area contributed by atoms with Gasteiger partial charge in [0.15, 0.2) is 0 Å². The second-order valence-corrected chi connectivity index (χ2v) is 7.58. The molecule has 134 valence electrons. The summed E-state index contributed by atoms with van der Waals surface area (Å²) in [6.45, 7) is 3.39. The number of unbranched alkanes of at least 4 members (excludes halogenated alkanes) is 1. The number of nitrogens with zero attached hydrogens (tertiary/aromatic N) is 2. The number of fused-ring (bicyclic) bond motifs is 1. The van der Waals surface area contributed by atoms with Gasteiger partial charge in [0.1, 0.15) is 0 Å². The van der Waals surface area contributed by atoms with Gasteiger partial charge in [-0.1, -0.05) is 62.2 Å². The van der Waals surface area contributed by atoms with E-state index >= 15 is 0 Å². The third-order valence-corrected chi connectivity index (χ3v) is 5.59. The molecular weight excluding hydrogens is 304 g/mol. The first kappa shape index (κ1) is 18.0. The Kier molecular flexibility index (Phi) is 6.14. The van der Waals surface area contributed by atoms with E-state index in [1.165, 1.54) is 48.9 Å². The number of hydrogen-bond donors (Lipinski definition) is 0. The number of likely N-dealkylation sites (N-methyl/N-ethyl adjacent to an activating group) is 1. The first-order valence-electron chi connectivity index (χ1n) is 9.74. The van der Waals surface area contributed by atoms with Crippen molar-refractivity contribution in [3.63, 3.8) is 0 Å². The van der Waals surface area contributed by atoms with Crippen LogP contribution in [-0.4, -0.2) is 37.6 Å². The van der Waals surface area contributed by atoms with E-state index in [1.54, 1.807) is 0 Å². The van der Waals surface area contributed by atoms with Gasteiger partial charge in [0.05, 0.1) is 0 Å². The molecule has 0 bridgehead atoms. The topological polar surface area (TPSA) is 6.48 Å². The molecule has 3 rings (SSSR count). The van der Waals surface area contributed by atoms with E-state index in [2.05, 4.69) is 85.4 Å². The fraction of sp³-hybridized carbons (Fsp3) is 0.478. The SMILES string of the molecule is CCCCC(CN(c1ccccc1)C1Cc2ccccc2C1)N(C)C. The first-order chi connectivity index (χ1) is 12.2. The standard InChI is InChI=1S/C23H32N2/c1-4-5-13-22(24(2)3)18-25(21-14-7-6-8-15-21)23-16-19-11-9-10-12-20(19)17-23/h6-12,14-15,22-23H,4-5,13,16-18H2,1-3H3. The van der Waals surface area contributed by atoms with Gasteiger partial charge < -0.3 is 9.80 Å². The molecule has 1 unspecified atom stereocenters. The van der Waals surface area contributed by atoms with Crippen molar-refractivity contribution in [2.24, 2.45) is 0 Å². The van der Waals surface area contributed by atoms with Crippen LogP contribution < -0.4 is 4.90 Å². The highest BCUT2D eigenvalue weighted by Crippen LogP contribution is 2.29. The molecule has 0 aromatic heterocycles. The summed E-state index contributed by atoms with van der Waals surface area (Å²) >= 11 is 0. The van der Waals surface area contributed by atoms with E-state index < -0.39 is 0 Å². The van der Waals surface area contributed by atoms with E-state index in [0.717, 1.165) is 6.54 Å². The van der Waals surface area contributed by atoms with Crippen LogP contribution in [-0.2, 0) is 12.8 Å². The minimum Gasteiger partial charge on any atom is -0.366 e. The van der Waals surface area contributed by atoms with E-state index in [1.807, 2.05) is 0 Å². The summed E-state index contributed by atoms with van der Waals surface area (Å²) in [5.41, 5.74) is 4.43. The molecule has 2 aromatic rings. The molecule has 0 spiro atoms. The lowest BCUT2D eigenvalue weighted by atomic mass is 10.0. The maximum atomic E-state index is 2.67. The molecule has 2 aromatic carbocycles. The Balaban J connectivity index is 1.81. The van der Waals surface area contributed by atoms with Gasteiger partial charge in [-0.3, -0.25) is 0 Å². The van der Waals surface area contributed by atoms with Crippen molar-refractivity contribution in [3.8, 4) is 0 Å². The van der Waals surface area contributed by atoms with Crippen LogP contribution in [0.1, 0.15) is 37.3 Å². The molecule has 0 fully saturated rings. The van der Waals surface area contributed by atoms with Crippen LogP contribution in [0.5, 0.6) is 0 Å². The van der Waals surface area contributed by atoms with Gasteiger partial charge in [-0.25, -0.2) is 0 Å². The van der Waals surface area contributed by atoms with Crippen LogP contribution in [0, 0.1) is 0 Å². The number of benzene rings is 2. The molecule has 1 aliphatic carbocycles. The van der Waals surface area contributed by atoms with Crippen LogP contribution in [0.15, 0.2) is 54.6 Å². The number of rotatable bonds is 8. The zero-order valence-electron chi connectivity index (χ0n) is 16.0. The summed E-state index contributed by atoms with van der Waals surface area (Å²) in [4.78, 5) is 5.08. The van der Waals surface area contributed by atoms with Crippen molar-refractivity contribution < 1.29 is 0 Å². The number of hydrogen-bond acceptors (Lipinski definition) is 2. The van der Waals surface area contributed by atoms with E-state index in [0.29, 0.717) is 12.1 Å².